The Morgan fingerprint density at radius 1 is 1.02 bits per heavy atom. The van der Waals surface area contributed by atoms with Gasteiger partial charge in [-0.25, -0.2) is 22.3 Å². The maximum atomic E-state index is 13.1. The summed E-state index contributed by atoms with van der Waals surface area (Å²) >= 11 is 1.11. The van der Waals surface area contributed by atoms with Crippen molar-refractivity contribution in [3.05, 3.63) is 45.8 Å². The normalized spacial score (nSPS) is 13.0. The summed E-state index contributed by atoms with van der Waals surface area (Å²) in [7, 11) is -2.19. The number of unbranched alkanes of at least 4 members (excludes halogenated alkanes) is 1. The summed E-state index contributed by atoms with van der Waals surface area (Å²) < 4.78 is 36.8. The minimum absolute atomic E-state index is 0.0581. The molecule has 2 N–H and O–H groups in total. The van der Waals surface area contributed by atoms with Gasteiger partial charge in [-0.3, -0.25) is 14.9 Å². The van der Waals surface area contributed by atoms with E-state index in [-0.39, 0.29) is 47.3 Å². The molecule has 2 heterocycles. The Bertz CT molecular complexity index is 1360. The monoisotopic (exact) mass is 594 g/mol. The third kappa shape index (κ3) is 7.17. The number of nitrogens with zero attached hydrogens (tertiary/aromatic N) is 2. The summed E-state index contributed by atoms with van der Waals surface area (Å²) in [6, 6.07) is 5.50. The minimum atomic E-state index is -3.70. The van der Waals surface area contributed by atoms with E-state index in [1.54, 1.807) is 13.8 Å². The molecular formula is C26H34N4O8S2. The van der Waals surface area contributed by atoms with Gasteiger partial charge in [-0.05, 0) is 56.5 Å². The molecule has 4 amide bonds. The molecule has 0 saturated carbocycles. The number of hydrogen-bond acceptors (Lipinski definition) is 9. The third-order valence-electron chi connectivity index (χ3n) is 6.18. The van der Waals surface area contributed by atoms with Crippen LogP contribution in [0.3, 0.4) is 0 Å². The maximum Gasteiger partial charge on any atom is 0.414 e. The van der Waals surface area contributed by atoms with Gasteiger partial charge in [-0.15, -0.1) is 11.3 Å². The highest BCUT2D eigenvalue weighted by atomic mass is 32.2. The first kappa shape index (κ1) is 31.0. The number of anilines is 1. The van der Waals surface area contributed by atoms with Gasteiger partial charge in [0.1, 0.15) is 5.00 Å². The number of thiophene rings is 1. The predicted octanol–water partition coefficient (Wildman–Crippen LogP) is 3.82. The molecule has 0 bridgehead atoms. The third-order valence-corrected chi connectivity index (χ3v) is 9.18. The average molecular weight is 595 g/mol. The van der Waals surface area contributed by atoms with Crippen LogP contribution in [0.2, 0.25) is 0 Å². The molecule has 0 fully saturated rings. The Hall–Kier alpha value is -3.49. The highest BCUT2D eigenvalue weighted by Gasteiger charge is 2.32. The largest absolute Gasteiger partial charge is 0.450 e. The lowest BCUT2D eigenvalue weighted by Gasteiger charge is -2.26. The zero-order valence-corrected chi connectivity index (χ0v) is 24.6. The van der Waals surface area contributed by atoms with E-state index < -0.39 is 34.0 Å². The number of fused-ring (bicyclic) bond motifs is 1. The van der Waals surface area contributed by atoms with Crippen molar-refractivity contribution in [3.63, 3.8) is 0 Å². The molecule has 1 aliphatic heterocycles. The molecule has 0 unspecified atom stereocenters. The van der Waals surface area contributed by atoms with Crippen molar-refractivity contribution in [2.24, 2.45) is 0 Å². The molecule has 14 heteroatoms. The van der Waals surface area contributed by atoms with E-state index in [1.807, 2.05) is 6.92 Å². The van der Waals surface area contributed by atoms with Gasteiger partial charge >= 0.3 is 12.2 Å². The number of sulfonamides is 1. The van der Waals surface area contributed by atoms with Crippen molar-refractivity contribution in [2.75, 3.05) is 38.7 Å². The Morgan fingerprint density at radius 3 is 2.33 bits per heavy atom. The number of amides is 4. The van der Waals surface area contributed by atoms with E-state index in [0.717, 1.165) is 24.2 Å². The van der Waals surface area contributed by atoms with E-state index in [0.29, 0.717) is 23.4 Å². The second kappa shape index (κ2) is 13.7. The number of rotatable bonds is 10. The second-order valence-electron chi connectivity index (χ2n) is 8.91. The Balaban J connectivity index is 1.87. The second-order valence-corrected chi connectivity index (χ2v) is 12.1. The van der Waals surface area contributed by atoms with Crippen molar-refractivity contribution in [1.29, 1.82) is 0 Å². The number of imide groups is 1. The molecule has 0 atom stereocenters. The fourth-order valence-electron chi connectivity index (χ4n) is 4.06. The van der Waals surface area contributed by atoms with E-state index in [1.165, 1.54) is 40.5 Å². The summed E-state index contributed by atoms with van der Waals surface area (Å²) in [5.74, 6) is -1.32. The number of nitrogens with one attached hydrogen (secondary N) is 2. The first-order valence-corrected chi connectivity index (χ1v) is 15.2. The summed E-state index contributed by atoms with van der Waals surface area (Å²) in [6.45, 7) is 6.41. The fourth-order valence-corrected chi connectivity index (χ4v) is 6.52. The highest BCUT2D eigenvalue weighted by Crippen LogP contribution is 2.37. The van der Waals surface area contributed by atoms with E-state index >= 15 is 0 Å². The van der Waals surface area contributed by atoms with Crippen molar-refractivity contribution < 1.29 is 37.1 Å². The average Bonchev–Trinajstić information content (AvgIpc) is 3.28. The molecule has 1 aromatic heterocycles. The number of hydrogen-bond donors (Lipinski definition) is 2. The van der Waals surface area contributed by atoms with E-state index in [2.05, 4.69) is 10.6 Å². The molecule has 0 aliphatic carbocycles. The Morgan fingerprint density at radius 2 is 1.70 bits per heavy atom. The Labute approximate surface area is 237 Å². The first-order valence-electron chi connectivity index (χ1n) is 12.9. The number of benzene rings is 1. The van der Waals surface area contributed by atoms with Crippen LogP contribution in [0.5, 0.6) is 0 Å². The lowest BCUT2D eigenvalue weighted by molar-refractivity contribution is 0.0924. The zero-order valence-electron chi connectivity index (χ0n) is 22.9. The van der Waals surface area contributed by atoms with Gasteiger partial charge in [0.15, 0.2) is 0 Å². The van der Waals surface area contributed by atoms with Crippen molar-refractivity contribution in [2.45, 2.75) is 51.5 Å². The van der Waals surface area contributed by atoms with Crippen LogP contribution in [-0.4, -0.2) is 75.0 Å². The van der Waals surface area contributed by atoms with Crippen LogP contribution in [0.1, 0.15) is 64.8 Å². The van der Waals surface area contributed by atoms with Crippen molar-refractivity contribution >= 4 is 50.4 Å². The van der Waals surface area contributed by atoms with Gasteiger partial charge in [0.2, 0.25) is 10.0 Å². The molecule has 3 rings (SSSR count). The molecule has 2 aromatic rings. The minimum Gasteiger partial charge on any atom is -0.450 e. The quantitative estimate of drug-likeness (QED) is 0.421. The smallest absolute Gasteiger partial charge is 0.414 e. The van der Waals surface area contributed by atoms with Gasteiger partial charge in [-0.1, -0.05) is 13.3 Å². The lowest BCUT2D eigenvalue weighted by atomic mass is 10.0. The summed E-state index contributed by atoms with van der Waals surface area (Å²) in [5, 5.41) is 5.08. The number of carbonyl (C=O) groups excluding carboxylic acids is 4. The predicted molar refractivity (Wildman–Crippen MR) is 149 cm³/mol. The highest BCUT2D eigenvalue weighted by molar-refractivity contribution is 7.89. The molecule has 0 saturated heterocycles. The molecule has 12 nitrogen and oxygen atoms in total. The molecule has 1 aliphatic rings. The molecule has 0 radical (unpaired) electrons. The fraction of sp³-hybridized carbons (Fsp3) is 0.462. The van der Waals surface area contributed by atoms with E-state index in [4.69, 9.17) is 9.47 Å². The number of carbonyl (C=O) groups is 4. The summed E-state index contributed by atoms with van der Waals surface area (Å²) in [5.41, 5.74) is 0.896. The van der Waals surface area contributed by atoms with Crippen molar-refractivity contribution in [1.82, 2.24) is 14.5 Å². The van der Waals surface area contributed by atoms with Gasteiger partial charge < -0.3 is 19.7 Å². The van der Waals surface area contributed by atoms with Crippen LogP contribution in [-0.2, 0) is 32.5 Å². The van der Waals surface area contributed by atoms with Crippen LogP contribution < -0.4 is 10.6 Å². The van der Waals surface area contributed by atoms with Gasteiger partial charge in [-0.2, -0.15) is 0 Å². The van der Waals surface area contributed by atoms with Gasteiger partial charge in [0.05, 0.1) is 30.2 Å². The topological polar surface area (TPSA) is 151 Å². The van der Waals surface area contributed by atoms with Crippen LogP contribution in [0.25, 0.3) is 0 Å². The van der Waals surface area contributed by atoms with E-state index in [9.17, 15) is 27.6 Å². The van der Waals surface area contributed by atoms with Crippen molar-refractivity contribution in [3.8, 4) is 0 Å². The zero-order chi connectivity index (χ0) is 29.4. The summed E-state index contributed by atoms with van der Waals surface area (Å²) in [4.78, 5) is 52.7. The van der Waals surface area contributed by atoms with Crippen LogP contribution in [0.15, 0.2) is 29.2 Å². The van der Waals surface area contributed by atoms with Crippen LogP contribution in [0, 0.1) is 0 Å². The standard InChI is InChI=1S/C26H34N4O8S2/c1-5-8-14-29(4)40(35,36)18-11-9-17(10-12-18)22(31)27-24-21(23(32)28-25(33)37-6-2)19-13-15-30(16-20(19)39-24)26(34)38-7-3/h9-12H,5-8,13-16H2,1-4H3,(H,27,31)(H,28,32,33). The molecule has 1 aromatic carbocycles. The Kier molecular flexibility index (Phi) is 10.7. The SMILES string of the molecule is CCCCN(C)S(=O)(=O)c1ccc(C(=O)Nc2sc3c(c2C(=O)NC(=O)OCC)CCN(C(=O)OCC)C3)cc1. The lowest BCUT2D eigenvalue weighted by Crippen LogP contribution is -2.37. The van der Waals surface area contributed by atoms with Gasteiger partial charge in [0.25, 0.3) is 11.8 Å². The first-order chi connectivity index (χ1) is 19.0. The number of ether oxygens (including phenoxy) is 2. The molecule has 40 heavy (non-hydrogen) atoms. The van der Waals surface area contributed by atoms with Crippen LogP contribution in [0.4, 0.5) is 14.6 Å². The van der Waals surface area contributed by atoms with Crippen LogP contribution >= 0.6 is 11.3 Å². The maximum absolute atomic E-state index is 13.1. The summed E-state index contributed by atoms with van der Waals surface area (Å²) in [6.07, 6.45) is 0.482. The molecule has 0 spiro atoms. The molecule has 218 valence electrons. The number of alkyl carbamates (subject to hydrolysis) is 1. The molecular weight excluding hydrogens is 560 g/mol. The van der Waals surface area contributed by atoms with Gasteiger partial charge in [0, 0.05) is 30.6 Å².